The summed E-state index contributed by atoms with van der Waals surface area (Å²) in [5.41, 5.74) is -0.604. The van der Waals surface area contributed by atoms with E-state index in [1.54, 1.807) is 4.90 Å². The van der Waals surface area contributed by atoms with Crippen molar-refractivity contribution in [3.8, 4) is 0 Å². The fourth-order valence-corrected chi connectivity index (χ4v) is 2.80. The minimum absolute atomic E-state index is 0.144. The van der Waals surface area contributed by atoms with Crippen LogP contribution in [0.15, 0.2) is 0 Å². The molecule has 2 fully saturated rings. The van der Waals surface area contributed by atoms with Crippen molar-refractivity contribution >= 4 is 18.5 Å². The van der Waals surface area contributed by atoms with Gasteiger partial charge in [-0.05, 0) is 12.8 Å². The van der Waals surface area contributed by atoms with Crippen molar-refractivity contribution in [3.63, 3.8) is 0 Å². The van der Waals surface area contributed by atoms with Gasteiger partial charge in [-0.15, -0.1) is 0 Å². The quantitative estimate of drug-likeness (QED) is 0.670. The number of thiol groups is 1. The average molecular weight is 215 g/mol. The van der Waals surface area contributed by atoms with Crippen LogP contribution in [0.2, 0.25) is 0 Å². The molecule has 0 aromatic carbocycles. The Labute approximate surface area is 89.9 Å². The molecule has 0 aromatic heterocycles. The van der Waals surface area contributed by atoms with Gasteiger partial charge in [0.05, 0.1) is 5.60 Å². The molecule has 0 spiro atoms. The lowest BCUT2D eigenvalue weighted by Crippen LogP contribution is -2.41. The van der Waals surface area contributed by atoms with Gasteiger partial charge in [0.2, 0.25) is 5.91 Å². The SMILES string of the molecule is O=C1CC(S)CN1CC1(O)CCCC1. The first-order chi connectivity index (χ1) is 6.59. The fourth-order valence-electron chi connectivity index (χ4n) is 2.45. The molecule has 2 aliphatic rings. The van der Waals surface area contributed by atoms with Crippen LogP contribution >= 0.6 is 12.6 Å². The molecule has 14 heavy (non-hydrogen) atoms. The van der Waals surface area contributed by atoms with Gasteiger partial charge in [0.15, 0.2) is 0 Å². The maximum atomic E-state index is 11.5. The normalized spacial score (nSPS) is 31.4. The van der Waals surface area contributed by atoms with E-state index in [-0.39, 0.29) is 11.2 Å². The van der Waals surface area contributed by atoms with E-state index in [4.69, 9.17) is 0 Å². The number of hydrogen-bond acceptors (Lipinski definition) is 3. The molecule has 1 aliphatic heterocycles. The summed E-state index contributed by atoms with van der Waals surface area (Å²) in [6, 6.07) is 0. The Bertz CT molecular complexity index is 238. The molecule has 2 rings (SSSR count). The van der Waals surface area contributed by atoms with Gasteiger partial charge in [0, 0.05) is 24.8 Å². The summed E-state index contributed by atoms with van der Waals surface area (Å²) in [7, 11) is 0. The number of carbonyl (C=O) groups excluding carboxylic acids is 1. The van der Waals surface area contributed by atoms with Crippen LogP contribution in [0.3, 0.4) is 0 Å². The van der Waals surface area contributed by atoms with E-state index in [9.17, 15) is 9.90 Å². The van der Waals surface area contributed by atoms with Gasteiger partial charge in [0.25, 0.3) is 0 Å². The van der Waals surface area contributed by atoms with Crippen LogP contribution in [0.1, 0.15) is 32.1 Å². The predicted octanol–water partition coefficient (Wildman–Crippen LogP) is 0.822. The van der Waals surface area contributed by atoms with Crippen LogP contribution in [0.4, 0.5) is 0 Å². The predicted molar refractivity (Wildman–Crippen MR) is 57.4 cm³/mol. The zero-order valence-corrected chi connectivity index (χ0v) is 9.17. The second-order valence-electron chi connectivity index (χ2n) is 4.56. The Morgan fingerprint density at radius 1 is 1.50 bits per heavy atom. The van der Waals surface area contributed by atoms with Crippen LogP contribution < -0.4 is 0 Å². The molecule has 0 radical (unpaired) electrons. The largest absolute Gasteiger partial charge is 0.388 e. The summed E-state index contributed by atoms with van der Waals surface area (Å²) < 4.78 is 0. The summed E-state index contributed by atoms with van der Waals surface area (Å²) >= 11 is 4.29. The smallest absolute Gasteiger partial charge is 0.223 e. The van der Waals surface area contributed by atoms with E-state index in [1.807, 2.05) is 0 Å². The molecule has 80 valence electrons. The van der Waals surface area contributed by atoms with E-state index in [0.29, 0.717) is 19.5 Å². The maximum Gasteiger partial charge on any atom is 0.223 e. The number of aliphatic hydroxyl groups is 1. The second kappa shape index (κ2) is 3.74. The second-order valence-corrected chi connectivity index (χ2v) is 5.29. The van der Waals surface area contributed by atoms with Crippen molar-refractivity contribution in [2.45, 2.75) is 43.0 Å². The molecule has 1 saturated carbocycles. The number of rotatable bonds is 2. The lowest BCUT2D eigenvalue weighted by molar-refractivity contribution is -0.130. The van der Waals surface area contributed by atoms with E-state index in [1.165, 1.54) is 0 Å². The first-order valence-corrected chi connectivity index (χ1v) is 5.79. The summed E-state index contributed by atoms with van der Waals surface area (Å²) in [4.78, 5) is 13.2. The van der Waals surface area contributed by atoms with Gasteiger partial charge in [0.1, 0.15) is 0 Å². The molecular weight excluding hydrogens is 198 g/mol. The highest BCUT2D eigenvalue weighted by Gasteiger charge is 2.37. The van der Waals surface area contributed by atoms with Crippen molar-refractivity contribution in [2.24, 2.45) is 0 Å². The summed E-state index contributed by atoms with van der Waals surface area (Å²) in [5.74, 6) is 0.144. The fraction of sp³-hybridized carbons (Fsp3) is 0.900. The van der Waals surface area contributed by atoms with Gasteiger partial charge in [-0.2, -0.15) is 12.6 Å². The molecule has 0 aromatic rings. The van der Waals surface area contributed by atoms with Crippen LogP contribution in [0.25, 0.3) is 0 Å². The number of nitrogens with zero attached hydrogens (tertiary/aromatic N) is 1. The zero-order chi connectivity index (χ0) is 10.2. The Morgan fingerprint density at radius 3 is 2.64 bits per heavy atom. The van der Waals surface area contributed by atoms with Crippen LogP contribution in [-0.4, -0.2) is 39.9 Å². The highest BCUT2D eigenvalue weighted by Crippen LogP contribution is 2.31. The third-order valence-corrected chi connectivity index (χ3v) is 3.56. The third-order valence-electron chi connectivity index (χ3n) is 3.21. The third kappa shape index (κ3) is 2.06. The van der Waals surface area contributed by atoms with Crippen molar-refractivity contribution in [1.29, 1.82) is 0 Å². The molecule has 1 aliphatic carbocycles. The van der Waals surface area contributed by atoms with Gasteiger partial charge >= 0.3 is 0 Å². The first-order valence-electron chi connectivity index (χ1n) is 5.27. The number of carbonyl (C=O) groups is 1. The number of amides is 1. The highest BCUT2D eigenvalue weighted by atomic mass is 32.1. The number of β-amino-alcohol motifs (C(OH)–C–C–N with tert-alkyl or cyclic N) is 1. The Hall–Kier alpha value is -0.220. The van der Waals surface area contributed by atoms with Crippen LogP contribution in [0.5, 0.6) is 0 Å². The molecule has 1 saturated heterocycles. The monoisotopic (exact) mass is 215 g/mol. The summed E-state index contributed by atoms with van der Waals surface area (Å²) in [5, 5.41) is 10.3. The zero-order valence-electron chi connectivity index (χ0n) is 8.28. The van der Waals surface area contributed by atoms with Gasteiger partial charge < -0.3 is 10.0 Å². The molecule has 1 unspecified atom stereocenters. The van der Waals surface area contributed by atoms with Crippen LogP contribution in [0, 0.1) is 0 Å². The van der Waals surface area contributed by atoms with E-state index < -0.39 is 5.60 Å². The first kappa shape index (κ1) is 10.3. The molecule has 1 amide bonds. The Morgan fingerprint density at radius 2 is 2.14 bits per heavy atom. The Kier molecular flexibility index (Phi) is 2.75. The molecule has 1 N–H and O–H groups in total. The minimum Gasteiger partial charge on any atom is -0.388 e. The highest BCUT2D eigenvalue weighted by molar-refractivity contribution is 7.81. The number of likely N-dealkylation sites (tertiary alicyclic amines) is 1. The van der Waals surface area contributed by atoms with E-state index >= 15 is 0 Å². The summed E-state index contributed by atoms with van der Waals surface area (Å²) in [6.45, 7) is 1.22. The van der Waals surface area contributed by atoms with Crippen molar-refractivity contribution in [1.82, 2.24) is 4.90 Å². The molecule has 4 heteroatoms. The van der Waals surface area contributed by atoms with Gasteiger partial charge in [-0.3, -0.25) is 4.79 Å². The molecule has 1 heterocycles. The molecule has 3 nitrogen and oxygen atoms in total. The maximum absolute atomic E-state index is 11.5. The lowest BCUT2D eigenvalue weighted by Gasteiger charge is -2.28. The van der Waals surface area contributed by atoms with Crippen molar-refractivity contribution in [3.05, 3.63) is 0 Å². The Balaban J connectivity index is 1.93. The number of hydrogen-bond donors (Lipinski definition) is 2. The molecule has 0 bridgehead atoms. The molecule has 1 atom stereocenters. The van der Waals surface area contributed by atoms with Gasteiger partial charge in [-0.25, -0.2) is 0 Å². The van der Waals surface area contributed by atoms with Crippen molar-refractivity contribution in [2.75, 3.05) is 13.1 Å². The van der Waals surface area contributed by atoms with Crippen molar-refractivity contribution < 1.29 is 9.90 Å². The average Bonchev–Trinajstić information content (AvgIpc) is 2.61. The van der Waals surface area contributed by atoms with E-state index in [2.05, 4.69) is 12.6 Å². The minimum atomic E-state index is -0.604. The molecular formula is C10H17NO2S. The summed E-state index contributed by atoms with van der Waals surface area (Å²) in [6.07, 6.45) is 4.38. The van der Waals surface area contributed by atoms with Gasteiger partial charge in [-0.1, -0.05) is 12.8 Å². The standard InChI is InChI=1S/C10H17NO2S/c12-9-5-8(14)6-11(9)7-10(13)3-1-2-4-10/h8,13-14H,1-7H2. The van der Waals surface area contributed by atoms with Crippen LogP contribution in [-0.2, 0) is 4.79 Å². The topological polar surface area (TPSA) is 40.5 Å². The van der Waals surface area contributed by atoms with E-state index in [0.717, 1.165) is 25.7 Å². The lowest BCUT2D eigenvalue weighted by atomic mass is 10.0.